The number of fused-ring (bicyclic) bond motifs is 2. The summed E-state index contributed by atoms with van der Waals surface area (Å²) in [5.74, 6) is -0.906. The number of carboxylic acids is 1. The van der Waals surface area contributed by atoms with Crippen LogP contribution in [0.25, 0.3) is 10.9 Å². The maximum atomic E-state index is 12.4. The van der Waals surface area contributed by atoms with E-state index in [9.17, 15) is 9.90 Å². The Morgan fingerprint density at radius 3 is 2.59 bits per heavy atom. The van der Waals surface area contributed by atoms with Crippen molar-refractivity contribution in [3.8, 4) is 0 Å². The maximum Gasteiger partial charge on any atom is 0.352 e. The molecule has 0 spiro atoms. The van der Waals surface area contributed by atoms with Crippen LogP contribution >= 0.6 is 11.6 Å². The molecule has 1 aromatic heterocycles. The number of nitrogens with zero attached hydrogens (tertiary/aromatic N) is 1. The van der Waals surface area contributed by atoms with Gasteiger partial charge in [0.25, 0.3) is 0 Å². The van der Waals surface area contributed by atoms with Gasteiger partial charge in [-0.15, -0.1) is 0 Å². The third-order valence-electron chi connectivity index (χ3n) is 6.43. The molecule has 1 aliphatic carbocycles. The number of aryl methyl sites for hydroxylation is 1. The number of para-hydroxylation sites is 1. The lowest BCUT2D eigenvalue weighted by molar-refractivity contribution is 0.0684. The van der Waals surface area contributed by atoms with Gasteiger partial charge in [-0.1, -0.05) is 66.2 Å². The molecule has 3 aromatic carbocycles. The molecule has 1 atom stereocenters. The van der Waals surface area contributed by atoms with Gasteiger partial charge in [-0.05, 0) is 54.2 Å². The van der Waals surface area contributed by atoms with Crippen LogP contribution in [0.2, 0.25) is 5.02 Å². The second-order valence-corrected chi connectivity index (χ2v) is 8.82. The molecule has 0 amide bonds. The van der Waals surface area contributed by atoms with Crippen LogP contribution in [0.1, 0.15) is 51.6 Å². The summed E-state index contributed by atoms with van der Waals surface area (Å²) in [7, 11) is 0. The molecule has 0 fully saturated rings. The van der Waals surface area contributed by atoms with Gasteiger partial charge in [-0.2, -0.15) is 0 Å². The number of aromatic carboxylic acids is 1. The Balaban J connectivity index is 1.52. The van der Waals surface area contributed by atoms with Crippen molar-refractivity contribution in [1.29, 1.82) is 0 Å². The highest BCUT2D eigenvalue weighted by Crippen LogP contribution is 2.32. The van der Waals surface area contributed by atoms with E-state index in [-0.39, 0.29) is 6.04 Å². The van der Waals surface area contributed by atoms with Crippen molar-refractivity contribution in [1.82, 2.24) is 9.88 Å². The second kappa shape index (κ2) is 8.81. The van der Waals surface area contributed by atoms with Gasteiger partial charge in [0, 0.05) is 40.6 Å². The second-order valence-electron chi connectivity index (χ2n) is 8.39. The Labute approximate surface area is 192 Å². The molecule has 0 aliphatic heterocycles. The number of aromatic nitrogens is 1. The quantitative estimate of drug-likeness (QED) is 0.371. The van der Waals surface area contributed by atoms with Gasteiger partial charge in [-0.3, -0.25) is 0 Å². The highest BCUT2D eigenvalue weighted by Gasteiger charge is 2.24. The van der Waals surface area contributed by atoms with Crippen molar-refractivity contribution >= 4 is 28.5 Å². The average molecular weight is 445 g/mol. The number of hydrogen-bond acceptors (Lipinski definition) is 2. The monoisotopic (exact) mass is 444 g/mol. The lowest BCUT2D eigenvalue weighted by Crippen LogP contribution is -2.25. The van der Waals surface area contributed by atoms with Crippen LogP contribution in [-0.2, 0) is 19.5 Å². The molecular formula is C27H25ClN2O2. The number of carbonyl (C=O) groups is 1. The van der Waals surface area contributed by atoms with Gasteiger partial charge in [0.1, 0.15) is 5.69 Å². The predicted octanol–water partition coefficient (Wildman–Crippen LogP) is 6.21. The highest BCUT2D eigenvalue weighted by molar-refractivity contribution is 6.30. The topological polar surface area (TPSA) is 54.3 Å². The van der Waals surface area contributed by atoms with E-state index >= 15 is 0 Å². The van der Waals surface area contributed by atoms with Gasteiger partial charge in [0.05, 0.1) is 0 Å². The molecule has 32 heavy (non-hydrogen) atoms. The normalized spacial score (nSPS) is 15.6. The first-order chi connectivity index (χ1) is 15.6. The lowest BCUT2D eigenvalue weighted by Gasteiger charge is -2.26. The number of nitrogens with one attached hydrogen (secondary N) is 1. The first-order valence-corrected chi connectivity index (χ1v) is 11.4. The molecule has 1 aliphatic rings. The summed E-state index contributed by atoms with van der Waals surface area (Å²) in [4.78, 5) is 12.4. The summed E-state index contributed by atoms with van der Waals surface area (Å²) < 4.78 is 1.91. The minimum absolute atomic E-state index is 0.236. The van der Waals surface area contributed by atoms with Gasteiger partial charge in [-0.25, -0.2) is 4.79 Å². The fraction of sp³-hybridized carbons (Fsp3) is 0.222. The van der Waals surface area contributed by atoms with Crippen LogP contribution in [0.5, 0.6) is 0 Å². The van der Waals surface area contributed by atoms with Crippen LogP contribution in [-0.4, -0.2) is 15.6 Å². The van der Waals surface area contributed by atoms with Crippen LogP contribution in [0.3, 0.4) is 0 Å². The summed E-state index contributed by atoms with van der Waals surface area (Å²) in [5, 5.41) is 15.5. The van der Waals surface area contributed by atoms with Gasteiger partial charge >= 0.3 is 5.97 Å². The molecule has 4 aromatic rings. The SMILES string of the molecule is O=C(O)c1c(CN[C@H]2CCCc3ccccc32)c2ccccc2n1Cc1ccc(Cl)cc1. The Bertz CT molecular complexity index is 1280. The van der Waals surface area contributed by atoms with E-state index in [2.05, 4.69) is 29.6 Å². The molecule has 0 saturated heterocycles. The smallest absolute Gasteiger partial charge is 0.352 e. The molecule has 4 nitrogen and oxygen atoms in total. The Hall–Kier alpha value is -3.08. The van der Waals surface area contributed by atoms with Gasteiger partial charge in [0.15, 0.2) is 0 Å². The minimum Gasteiger partial charge on any atom is -0.477 e. The Morgan fingerprint density at radius 2 is 1.78 bits per heavy atom. The fourth-order valence-electron chi connectivity index (χ4n) is 4.93. The largest absolute Gasteiger partial charge is 0.477 e. The molecule has 0 radical (unpaired) electrons. The number of rotatable bonds is 6. The summed E-state index contributed by atoms with van der Waals surface area (Å²) in [6.07, 6.45) is 3.30. The van der Waals surface area contributed by atoms with Crippen molar-refractivity contribution in [3.63, 3.8) is 0 Å². The average Bonchev–Trinajstić information content (AvgIpc) is 3.12. The van der Waals surface area contributed by atoms with Crippen LogP contribution < -0.4 is 5.32 Å². The van der Waals surface area contributed by atoms with E-state index in [0.29, 0.717) is 23.8 Å². The molecular weight excluding hydrogens is 420 g/mol. The van der Waals surface area contributed by atoms with E-state index in [0.717, 1.165) is 41.3 Å². The van der Waals surface area contributed by atoms with Crippen molar-refractivity contribution in [3.05, 3.63) is 106 Å². The van der Waals surface area contributed by atoms with E-state index in [1.54, 1.807) is 0 Å². The number of benzene rings is 3. The summed E-state index contributed by atoms with van der Waals surface area (Å²) in [6, 6.07) is 24.3. The van der Waals surface area contributed by atoms with E-state index in [1.165, 1.54) is 11.1 Å². The predicted molar refractivity (Wildman–Crippen MR) is 128 cm³/mol. The highest BCUT2D eigenvalue weighted by atomic mass is 35.5. The van der Waals surface area contributed by atoms with Gasteiger partial charge in [0.2, 0.25) is 0 Å². The molecule has 1 heterocycles. The van der Waals surface area contributed by atoms with Crippen LogP contribution in [0.15, 0.2) is 72.8 Å². The summed E-state index contributed by atoms with van der Waals surface area (Å²) in [6.45, 7) is 0.986. The van der Waals surface area contributed by atoms with E-state index in [4.69, 9.17) is 11.6 Å². The molecule has 0 saturated carbocycles. The van der Waals surface area contributed by atoms with E-state index < -0.39 is 5.97 Å². The standard InChI is InChI=1S/C27H25ClN2O2/c28-20-14-12-18(13-15-20)17-30-25-11-4-3-9-22(25)23(26(30)27(31)32)16-29-24-10-5-7-19-6-1-2-8-21(19)24/h1-4,6,8-9,11-15,24,29H,5,7,10,16-17H2,(H,31,32)/t24-/m0/s1. The lowest BCUT2D eigenvalue weighted by atomic mass is 9.87. The van der Waals surface area contributed by atoms with Crippen LogP contribution in [0.4, 0.5) is 0 Å². The van der Waals surface area contributed by atoms with Crippen molar-refractivity contribution in [2.24, 2.45) is 0 Å². The van der Waals surface area contributed by atoms with Crippen molar-refractivity contribution in [2.45, 2.75) is 38.4 Å². The third kappa shape index (κ3) is 3.92. The Kier molecular flexibility index (Phi) is 5.73. The first kappa shape index (κ1) is 20.8. The zero-order valence-corrected chi connectivity index (χ0v) is 18.5. The van der Waals surface area contributed by atoms with Gasteiger partial charge < -0.3 is 15.0 Å². The number of hydrogen-bond donors (Lipinski definition) is 2. The first-order valence-electron chi connectivity index (χ1n) is 11.0. The third-order valence-corrected chi connectivity index (χ3v) is 6.68. The molecule has 2 N–H and O–H groups in total. The molecule has 0 bridgehead atoms. The van der Waals surface area contributed by atoms with Crippen LogP contribution in [0, 0.1) is 0 Å². The molecule has 5 rings (SSSR count). The van der Waals surface area contributed by atoms with Crippen molar-refractivity contribution < 1.29 is 9.90 Å². The molecule has 0 unspecified atom stereocenters. The summed E-state index contributed by atoms with van der Waals surface area (Å²) >= 11 is 6.04. The molecule has 162 valence electrons. The Morgan fingerprint density at radius 1 is 1.03 bits per heavy atom. The zero-order chi connectivity index (χ0) is 22.1. The number of carboxylic acid groups (broad SMARTS) is 1. The minimum atomic E-state index is -0.906. The summed E-state index contributed by atoms with van der Waals surface area (Å²) in [5.41, 5.74) is 5.85. The zero-order valence-electron chi connectivity index (χ0n) is 17.7. The fourth-order valence-corrected chi connectivity index (χ4v) is 5.05. The van der Waals surface area contributed by atoms with E-state index in [1.807, 2.05) is 53.1 Å². The number of halogens is 1. The molecule has 5 heteroatoms. The maximum absolute atomic E-state index is 12.4. The van der Waals surface area contributed by atoms with Crippen molar-refractivity contribution in [2.75, 3.05) is 0 Å².